The quantitative estimate of drug-likeness (QED) is 0.825. The van der Waals surface area contributed by atoms with Crippen molar-refractivity contribution in [3.63, 3.8) is 0 Å². The fourth-order valence-electron chi connectivity index (χ4n) is 1.38. The molecule has 15 heavy (non-hydrogen) atoms. The highest BCUT2D eigenvalue weighted by atomic mass is 16.3. The summed E-state index contributed by atoms with van der Waals surface area (Å²) in [5.74, 6) is 0. The smallest absolute Gasteiger partial charge is 0.0931 e. The van der Waals surface area contributed by atoms with E-state index in [0.717, 1.165) is 17.8 Å². The van der Waals surface area contributed by atoms with Crippen molar-refractivity contribution in [1.29, 1.82) is 0 Å². The number of pyridine rings is 1. The summed E-state index contributed by atoms with van der Waals surface area (Å²) in [6.07, 6.45) is 2.43. The van der Waals surface area contributed by atoms with Gasteiger partial charge in [0.1, 0.15) is 0 Å². The average molecular weight is 208 g/mol. The fourth-order valence-corrected chi connectivity index (χ4v) is 1.38. The second kappa shape index (κ2) is 5.12. The Morgan fingerprint density at radius 3 is 2.47 bits per heavy atom. The maximum absolute atomic E-state index is 9.33. The molecule has 1 aromatic heterocycles. The SMILES string of the molecule is CCC(C)N(C)c1ccc(C(C)O)nc1. The number of aliphatic hydroxyl groups is 1. The Labute approximate surface area is 91.8 Å². The zero-order valence-electron chi connectivity index (χ0n) is 9.94. The summed E-state index contributed by atoms with van der Waals surface area (Å²) in [4.78, 5) is 6.42. The molecule has 1 aromatic rings. The van der Waals surface area contributed by atoms with Crippen molar-refractivity contribution in [3.8, 4) is 0 Å². The van der Waals surface area contributed by atoms with Crippen LogP contribution in [-0.4, -0.2) is 23.2 Å². The molecule has 0 bridgehead atoms. The van der Waals surface area contributed by atoms with Crippen LogP contribution in [0.5, 0.6) is 0 Å². The van der Waals surface area contributed by atoms with Gasteiger partial charge in [0.25, 0.3) is 0 Å². The monoisotopic (exact) mass is 208 g/mol. The molecule has 0 aliphatic heterocycles. The first-order valence-electron chi connectivity index (χ1n) is 5.43. The third-order valence-corrected chi connectivity index (χ3v) is 2.86. The third-order valence-electron chi connectivity index (χ3n) is 2.86. The van der Waals surface area contributed by atoms with Gasteiger partial charge in [-0.25, -0.2) is 0 Å². The van der Waals surface area contributed by atoms with Gasteiger partial charge in [-0.15, -0.1) is 0 Å². The fraction of sp³-hybridized carbons (Fsp3) is 0.583. The zero-order valence-corrected chi connectivity index (χ0v) is 9.94. The maximum Gasteiger partial charge on any atom is 0.0931 e. The van der Waals surface area contributed by atoms with Crippen LogP contribution in [0.25, 0.3) is 0 Å². The molecule has 3 heteroatoms. The topological polar surface area (TPSA) is 36.4 Å². The Morgan fingerprint density at radius 1 is 1.40 bits per heavy atom. The molecule has 0 saturated carbocycles. The largest absolute Gasteiger partial charge is 0.387 e. The minimum atomic E-state index is -0.493. The van der Waals surface area contributed by atoms with Gasteiger partial charge in [-0.05, 0) is 32.4 Å². The standard InChI is InChI=1S/C12H20N2O/c1-5-9(2)14(4)11-6-7-12(10(3)15)13-8-11/h6-10,15H,5H2,1-4H3. The molecule has 2 unspecified atom stereocenters. The lowest BCUT2D eigenvalue weighted by Gasteiger charge is -2.25. The van der Waals surface area contributed by atoms with Crippen molar-refractivity contribution in [2.24, 2.45) is 0 Å². The summed E-state index contributed by atoms with van der Waals surface area (Å²) in [5, 5.41) is 9.33. The number of hydrogen-bond acceptors (Lipinski definition) is 3. The van der Waals surface area contributed by atoms with E-state index >= 15 is 0 Å². The highest BCUT2D eigenvalue weighted by Gasteiger charge is 2.09. The summed E-state index contributed by atoms with van der Waals surface area (Å²) in [7, 11) is 2.06. The van der Waals surface area contributed by atoms with E-state index in [2.05, 4.69) is 30.8 Å². The lowest BCUT2D eigenvalue weighted by molar-refractivity contribution is 0.194. The van der Waals surface area contributed by atoms with Crippen molar-refractivity contribution >= 4 is 5.69 Å². The van der Waals surface area contributed by atoms with Gasteiger partial charge in [-0.1, -0.05) is 6.92 Å². The van der Waals surface area contributed by atoms with Crippen molar-refractivity contribution in [2.75, 3.05) is 11.9 Å². The van der Waals surface area contributed by atoms with Crippen LogP contribution in [0.3, 0.4) is 0 Å². The van der Waals surface area contributed by atoms with Crippen molar-refractivity contribution in [1.82, 2.24) is 4.98 Å². The molecule has 84 valence electrons. The molecule has 0 aliphatic carbocycles. The second-order valence-corrected chi connectivity index (χ2v) is 3.99. The normalized spacial score (nSPS) is 14.7. The number of anilines is 1. The molecule has 1 rings (SSSR count). The summed E-state index contributed by atoms with van der Waals surface area (Å²) < 4.78 is 0. The Hall–Kier alpha value is -1.09. The van der Waals surface area contributed by atoms with Crippen molar-refractivity contribution in [2.45, 2.75) is 39.3 Å². The molecule has 0 amide bonds. The van der Waals surface area contributed by atoms with Gasteiger partial charge in [-0.3, -0.25) is 4.98 Å². The number of nitrogens with zero attached hydrogens (tertiary/aromatic N) is 2. The number of aliphatic hydroxyl groups excluding tert-OH is 1. The van der Waals surface area contributed by atoms with Gasteiger partial charge in [0, 0.05) is 13.1 Å². The Balaban J connectivity index is 2.79. The summed E-state index contributed by atoms with van der Waals surface area (Å²) >= 11 is 0. The summed E-state index contributed by atoms with van der Waals surface area (Å²) in [6, 6.07) is 4.38. The molecule has 0 spiro atoms. The van der Waals surface area contributed by atoms with Crippen molar-refractivity contribution in [3.05, 3.63) is 24.0 Å². The van der Waals surface area contributed by atoms with Crippen LogP contribution in [-0.2, 0) is 0 Å². The first-order valence-corrected chi connectivity index (χ1v) is 5.43. The van der Waals surface area contributed by atoms with E-state index in [1.165, 1.54) is 0 Å². The lowest BCUT2D eigenvalue weighted by atomic mass is 10.2. The maximum atomic E-state index is 9.33. The molecule has 2 atom stereocenters. The molecule has 0 saturated heterocycles. The lowest BCUT2D eigenvalue weighted by Crippen LogP contribution is -2.28. The molecular weight excluding hydrogens is 188 g/mol. The number of hydrogen-bond donors (Lipinski definition) is 1. The molecule has 0 radical (unpaired) electrons. The van der Waals surface area contributed by atoms with Gasteiger partial charge in [0.2, 0.25) is 0 Å². The van der Waals surface area contributed by atoms with E-state index in [1.807, 2.05) is 18.3 Å². The number of rotatable bonds is 4. The third kappa shape index (κ3) is 2.93. The van der Waals surface area contributed by atoms with Crippen LogP contribution in [0.15, 0.2) is 18.3 Å². The van der Waals surface area contributed by atoms with E-state index < -0.39 is 6.10 Å². The van der Waals surface area contributed by atoms with E-state index in [1.54, 1.807) is 6.92 Å². The predicted octanol–water partition coefficient (Wildman–Crippen LogP) is 2.37. The Morgan fingerprint density at radius 2 is 2.07 bits per heavy atom. The molecule has 3 nitrogen and oxygen atoms in total. The predicted molar refractivity (Wildman–Crippen MR) is 63.0 cm³/mol. The molecule has 0 aliphatic rings. The second-order valence-electron chi connectivity index (χ2n) is 3.99. The van der Waals surface area contributed by atoms with E-state index in [0.29, 0.717) is 6.04 Å². The van der Waals surface area contributed by atoms with Gasteiger partial charge in [0.05, 0.1) is 23.7 Å². The molecule has 1 heterocycles. The van der Waals surface area contributed by atoms with Crippen LogP contribution in [0.1, 0.15) is 39.0 Å². The van der Waals surface area contributed by atoms with Gasteiger partial charge < -0.3 is 10.0 Å². The van der Waals surface area contributed by atoms with Gasteiger partial charge in [-0.2, -0.15) is 0 Å². The Bertz CT molecular complexity index is 295. The average Bonchev–Trinajstić information content (AvgIpc) is 2.27. The van der Waals surface area contributed by atoms with E-state index in [9.17, 15) is 5.11 Å². The first kappa shape index (κ1) is 12.0. The Kier molecular flexibility index (Phi) is 4.09. The molecule has 0 fully saturated rings. The minimum absolute atomic E-state index is 0.493. The van der Waals surface area contributed by atoms with Crippen molar-refractivity contribution < 1.29 is 5.11 Å². The number of aromatic nitrogens is 1. The highest BCUT2D eigenvalue weighted by molar-refractivity contribution is 5.44. The van der Waals surface area contributed by atoms with Crippen LogP contribution in [0.2, 0.25) is 0 Å². The van der Waals surface area contributed by atoms with Crippen LogP contribution in [0, 0.1) is 0 Å². The van der Waals surface area contributed by atoms with E-state index in [-0.39, 0.29) is 0 Å². The highest BCUT2D eigenvalue weighted by Crippen LogP contribution is 2.17. The van der Waals surface area contributed by atoms with E-state index in [4.69, 9.17) is 0 Å². The zero-order chi connectivity index (χ0) is 11.4. The van der Waals surface area contributed by atoms with Gasteiger partial charge >= 0.3 is 0 Å². The summed E-state index contributed by atoms with van der Waals surface area (Å²) in [6.45, 7) is 6.07. The molecule has 0 aromatic carbocycles. The van der Waals surface area contributed by atoms with Crippen LogP contribution < -0.4 is 4.90 Å². The van der Waals surface area contributed by atoms with Crippen LogP contribution >= 0.6 is 0 Å². The summed E-state index contributed by atoms with van der Waals surface area (Å²) in [5.41, 5.74) is 1.81. The van der Waals surface area contributed by atoms with Crippen LogP contribution in [0.4, 0.5) is 5.69 Å². The first-order chi connectivity index (χ1) is 7.06. The molecule has 1 N–H and O–H groups in total. The molecular formula is C12H20N2O. The van der Waals surface area contributed by atoms with Gasteiger partial charge in [0.15, 0.2) is 0 Å². The minimum Gasteiger partial charge on any atom is -0.387 e.